The van der Waals surface area contributed by atoms with Gasteiger partial charge in [0, 0.05) is 43.5 Å². The van der Waals surface area contributed by atoms with Gasteiger partial charge < -0.3 is 10.6 Å². The number of nitrogens with one attached hydrogen (secondary N) is 2. The van der Waals surface area contributed by atoms with Gasteiger partial charge in [0.15, 0.2) is 0 Å². The molecule has 15 heavy (non-hydrogen) atoms. The highest BCUT2D eigenvalue weighted by Crippen LogP contribution is 2.09. The summed E-state index contributed by atoms with van der Waals surface area (Å²) in [6, 6.07) is 2.38. The van der Waals surface area contributed by atoms with Crippen LogP contribution in [0.2, 0.25) is 0 Å². The molecule has 1 unspecified atom stereocenters. The summed E-state index contributed by atoms with van der Waals surface area (Å²) in [4.78, 5) is 11.4. The first-order chi connectivity index (χ1) is 7.33. The van der Waals surface area contributed by atoms with Crippen LogP contribution in [0.25, 0.3) is 0 Å². The first-order valence-electron chi connectivity index (χ1n) is 5.27. The minimum absolute atomic E-state index is 0.0907. The van der Waals surface area contributed by atoms with Crippen molar-refractivity contribution in [2.45, 2.75) is 25.3 Å². The van der Waals surface area contributed by atoms with E-state index in [9.17, 15) is 4.79 Å². The zero-order valence-electron chi connectivity index (χ0n) is 8.79. The number of carbonyl (C=O) groups excluding carboxylic acids is 1. The second kappa shape index (κ2) is 7.55. The fourth-order valence-electron chi connectivity index (χ4n) is 1.44. The van der Waals surface area contributed by atoms with Crippen LogP contribution in [0.5, 0.6) is 0 Å². The van der Waals surface area contributed by atoms with E-state index in [4.69, 9.17) is 5.26 Å². The van der Waals surface area contributed by atoms with Gasteiger partial charge in [-0.15, -0.1) is 0 Å². The van der Waals surface area contributed by atoms with Gasteiger partial charge in [-0.2, -0.15) is 17.0 Å². The molecule has 0 saturated carbocycles. The number of carbonyl (C=O) groups is 1. The molecule has 0 bridgehead atoms. The molecule has 1 rings (SSSR count). The Morgan fingerprint density at radius 1 is 1.67 bits per heavy atom. The van der Waals surface area contributed by atoms with Crippen molar-refractivity contribution in [3.8, 4) is 6.07 Å². The molecule has 0 aromatic heterocycles. The van der Waals surface area contributed by atoms with Crippen LogP contribution in [0, 0.1) is 11.3 Å². The minimum atomic E-state index is 0.0907. The van der Waals surface area contributed by atoms with Gasteiger partial charge in [-0.25, -0.2) is 0 Å². The fraction of sp³-hybridized carbons (Fsp3) is 0.800. The van der Waals surface area contributed by atoms with Crippen molar-refractivity contribution in [1.82, 2.24) is 10.6 Å². The molecule has 0 radical (unpaired) electrons. The average Bonchev–Trinajstić information content (AvgIpc) is 2.26. The topological polar surface area (TPSA) is 64.9 Å². The van der Waals surface area contributed by atoms with Crippen LogP contribution in [0.15, 0.2) is 0 Å². The van der Waals surface area contributed by atoms with Crippen LogP contribution in [-0.2, 0) is 4.79 Å². The summed E-state index contributed by atoms with van der Waals surface area (Å²) in [5.41, 5.74) is 0. The predicted octanol–water partition coefficient (Wildman–Crippen LogP) is 0.501. The quantitative estimate of drug-likeness (QED) is 0.671. The highest BCUT2D eigenvalue weighted by Gasteiger charge is 2.15. The summed E-state index contributed by atoms with van der Waals surface area (Å²) in [6.45, 7) is 1.61. The van der Waals surface area contributed by atoms with Crippen molar-refractivity contribution < 1.29 is 4.79 Å². The van der Waals surface area contributed by atoms with Crippen LogP contribution in [-0.4, -0.2) is 36.5 Å². The third kappa shape index (κ3) is 5.65. The van der Waals surface area contributed by atoms with Gasteiger partial charge in [0.2, 0.25) is 5.91 Å². The van der Waals surface area contributed by atoms with Crippen molar-refractivity contribution in [1.29, 1.82) is 5.26 Å². The van der Waals surface area contributed by atoms with Gasteiger partial charge in [0.25, 0.3) is 0 Å². The molecular weight excluding hydrogens is 210 g/mol. The van der Waals surface area contributed by atoms with E-state index in [1.165, 1.54) is 0 Å². The SMILES string of the molecule is N#CCCCNC(=O)CC1CSCCN1. The third-order valence-electron chi connectivity index (χ3n) is 2.22. The number of hydrogen-bond acceptors (Lipinski definition) is 4. The Balaban J connectivity index is 2.04. The summed E-state index contributed by atoms with van der Waals surface area (Å²) in [6.07, 6.45) is 1.81. The molecule has 1 saturated heterocycles. The number of nitriles is 1. The Labute approximate surface area is 94.8 Å². The number of thioether (sulfide) groups is 1. The molecule has 0 spiro atoms. The van der Waals surface area contributed by atoms with E-state index in [1.807, 2.05) is 11.8 Å². The smallest absolute Gasteiger partial charge is 0.221 e. The molecule has 1 atom stereocenters. The predicted molar refractivity (Wildman–Crippen MR) is 61.6 cm³/mol. The van der Waals surface area contributed by atoms with E-state index >= 15 is 0 Å². The van der Waals surface area contributed by atoms with E-state index in [-0.39, 0.29) is 5.91 Å². The zero-order valence-corrected chi connectivity index (χ0v) is 9.61. The molecule has 0 aliphatic carbocycles. The molecule has 0 aromatic carbocycles. The molecule has 84 valence electrons. The highest BCUT2D eigenvalue weighted by molar-refractivity contribution is 7.99. The van der Waals surface area contributed by atoms with Crippen LogP contribution in [0.4, 0.5) is 0 Å². The highest BCUT2D eigenvalue weighted by atomic mass is 32.2. The normalized spacial score (nSPS) is 20.6. The van der Waals surface area contributed by atoms with E-state index in [0.29, 0.717) is 25.4 Å². The Morgan fingerprint density at radius 2 is 2.53 bits per heavy atom. The average molecular weight is 227 g/mol. The van der Waals surface area contributed by atoms with Crippen LogP contribution >= 0.6 is 11.8 Å². The first kappa shape index (κ1) is 12.3. The number of unbranched alkanes of at least 4 members (excludes halogenated alkanes) is 1. The Kier molecular flexibility index (Phi) is 6.21. The maximum atomic E-state index is 11.4. The van der Waals surface area contributed by atoms with Gasteiger partial charge >= 0.3 is 0 Å². The number of rotatable bonds is 5. The number of amides is 1. The maximum absolute atomic E-state index is 11.4. The van der Waals surface area contributed by atoms with Crippen molar-refractivity contribution >= 4 is 17.7 Å². The van der Waals surface area contributed by atoms with Gasteiger partial charge in [0.1, 0.15) is 0 Å². The second-order valence-corrected chi connectivity index (χ2v) is 4.69. The largest absolute Gasteiger partial charge is 0.356 e. The summed E-state index contributed by atoms with van der Waals surface area (Å²) in [5, 5.41) is 14.5. The summed E-state index contributed by atoms with van der Waals surface area (Å²) >= 11 is 1.89. The number of hydrogen-bond donors (Lipinski definition) is 2. The summed E-state index contributed by atoms with van der Waals surface area (Å²) < 4.78 is 0. The Morgan fingerprint density at radius 3 is 3.20 bits per heavy atom. The molecule has 1 fully saturated rings. The number of nitrogens with zero attached hydrogens (tertiary/aromatic N) is 1. The lowest BCUT2D eigenvalue weighted by atomic mass is 10.2. The monoisotopic (exact) mass is 227 g/mol. The summed E-state index contributed by atoms with van der Waals surface area (Å²) in [5.74, 6) is 2.25. The van der Waals surface area contributed by atoms with Crippen LogP contribution < -0.4 is 10.6 Å². The Hall–Kier alpha value is -0.730. The molecule has 1 aliphatic heterocycles. The van der Waals surface area contributed by atoms with E-state index in [1.54, 1.807) is 0 Å². The van der Waals surface area contributed by atoms with Crippen molar-refractivity contribution in [2.24, 2.45) is 0 Å². The molecule has 0 aromatic rings. The Bertz CT molecular complexity index is 233. The van der Waals surface area contributed by atoms with Crippen LogP contribution in [0.1, 0.15) is 19.3 Å². The molecule has 2 N–H and O–H groups in total. The third-order valence-corrected chi connectivity index (χ3v) is 3.35. The van der Waals surface area contributed by atoms with Crippen molar-refractivity contribution in [3.05, 3.63) is 0 Å². The second-order valence-electron chi connectivity index (χ2n) is 3.54. The lowest BCUT2D eigenvalue weighted by Gasteiger charge is -2.22. The first-order valence-corrected chi connectivity index (χ1v) is 6.43. The van der Waals surface area contributed by atoms with E-state index < -0.39 is 0 Å². The van der Waals surface area contributed by atoms with E-state index in [0.717, 1.165) is 24.5 Å². The molecule has 1 aliphatic rings. The molecular formula is C10H17N3OS. The van der Waals surface area contributed by atoms with Gasteiger partial charge in [-0.3, -0.25) is 4.79 Å². The minimum Gasteiger partial charge on any atom is -0.356 e. The molecule has 4 nitrogen and oxygen atoms in total. The maximum Gasteiger partial charge on any atom is 0.221 e. The van der Waals surface area contributed by atoms with Crippen molar-refractivity contribution in [2.75, 3.05) is 24.6 Å². The molecule has 1 heterocycles. The summed E-state index contributed by atoms with van der Waals surface area (Å²) in [7, 11) is 0. The molecule has 5 heteroatoms. The van der Waals surface area contributed by atoms with Gasteiger partial charge in [-0.1, -0.05) is 0 Å². The lowest BCUT2D eigenvalue weighted by Crippen LogP contribution is -2.41. The zero-order chi connectivity index (χ0) is 10.9. The van der Waals surface area contributed by atoms with Gasteiger partial charge in [0.05, 0.1) is 6.07 Å². The van der Waals surface area contributed by atoms with Gasteiger partial charge in [-0.05, 0) is 6.42 Å². The fourth-order valence-corrected chi connectivity index (χ4v) is 2.39. The van der Waals surface area contributed by atoms with Crippen LogP contribution in [0.3, 0.4) is 0 Å². The van der Waals surface area contributed by atoms with E-state index in [2.05, 4.69) is 16.7 Å². The lowest BCUT2D eigenvalue weighted by molar-refractivity contribution is -0.121. The standard InChI is InChI=1S/C10H17N3OS/c11-3-1-2-4-13-10(14)7-9-8-15-6-5-12-9/h9,12H,1-2,4-8H2,(H,13,14). The van der Waals surface area contributed by atoms with Crippen molar-refractivity contribution in [3.63, 3.8) is 0 Å². The molecule has 1 amide bonds.